The van der Waals surface area contributed by atoms with Crippen LogP contribution in [0.3, 0.4) is 0 Å². The van der Waals surface area contributed by atoms with E-state index in [2.05, 4.69) is 67.2 Å². The van der Waals surface area contributed by atoms with E-state index in [1.807, 2.05) is 127 Å². The minimum Gasteiger partial charge on any atom is -0.494 e. The van der Waals surface area contributed by atoms with Crippen LogP contribution in [-0.2, 0) is 22.2 Å². The molecule has 4 aromatic carbocycles. The van der Waals surface area contributed by atoms with Crippen molar-refractivity contribution in [2.24, 2.45) is 23.7 Å². The van der Waals surface area contributed by atoms with E-state index < -0.39 is 69.8 Å². The van der Waals surface area contributed by atoms with Crippen molar-refractivity contribution in [3.05, 3.63) is 143 Å². The first-order valence-corrected chi connectivity index (χ1v) is 48.7. The minimum absolute atomic E-state index is 0.0334. The number of nitrogens with two attached hydrogens (primary N) is 4. The number of nitrogens with zero attached hydrogens (tertiary/aromatic N) is 28. The van der Waals surface area contributed by atoms with Crippen molar-refractivity contribution in [1.82, 2.24) is 117 Å². The summed E-state index contributed by atoms with van der Waals surface area (Å²) in [5.74, 6) is 4.33. The number of aliphatic hydroxyl groups excluding tert-OH is 4. The molecule has 40 nitrogen and oxygen atoms in total. The van der Waals surface area contributed by atoms with Gasteiger partial charge in [0.15, 0.2) is 45.9 Å². The zero-order chi connectivity index (χ0) is 104. The summed E-state index contributed by atoms with van der Waals surface area (Å²) in [5.41, 5.74) is 34.1. The van der Waals surface area contributed by atoms with Gasteiger partial charge in [0.2, 0.25) is 23.8 Å². The number of halogens is 4. The summed E-state index contributed by atoms with van der Waals surface area (Å²) in [7, 11) is 5.87. The molecule has 0 aliphatic carbocycles. The lowest BCUT2D eigenvalue weighted by Gasteiger charge is -2.36. The van der Waals surface area contributed by atoms with Gasteiger partial charge in [0.05, 0.1) is 142 Å². The zero-order valence-electron chi connectivity index (χ0n) is 86.1. The Bertz CT molecular complexity index is 6650. The molecule has 0 bridgehead atoms. The van der Waals surface area contributed by atoms with Gasteiger partial charge in [-0.1, -0.05) is 27.7 Å². The van der Waals surface area contributed by atoms with Gasteiger partial charge >= 0.3 is 0 Å². The van der Waals surface area contributed by atoms with Gasteiger partial charge in [-0.25, -0.2) is 57.4 Å². The Hall–Kier alpha value is -13.9. The van der Waals surface area contributed by atoms with Crippen molar-refractivity contribution in [3.63, 3.8) is 0 Å². The number of hydrogen-bond donors (Lipinski definition) is 8. The topological polar surface area (TPSA) is 478 Å². The summed E-state index contributed by atoms with van der Waals surface area (Å²) in [6.07, 6.45) is 9.44. The Kier molecular flexibility index (Phi) is 27.3. The molecule has 0 radical (unpaired) electrons. The van der Waals surface area contributed by atoms with Crippen molar-refractivity contribution >= 4 is 113 Å². The molecule has 4 saturated heterocycles. The summed E-state index contributed by atoms with van der Waals surface area (Å²) in [5, 5.41) is 80.7. The quantitative estimate of drug-likeness (QED) is 0.0329. The van der Waals surface area contributed by atoms with Gasteiger partial charge in [-0.05, 0) is 184 Å². The molecule has 20 rings (SSSR count). The molecular formula is C100H132F4N32O8. The van der Waals surface area contributed by atoms with E-state index >= 15 is 0 Å². The number of nitrogen functional groups attached to an aromatic ring is 4. The van der Waals surface area contributed by atoms with Crippen molar-refractivity contribution in [2.45, 2.75) is 234 Å². The number of ether oxygens (including phenoxy) is 4. The van der Waals surface area contributed by atoms with Gasteiger partial charge in [-0.3, -0.25) is 18.7 Å². The predicted octanol–water partition coefficient (Wildman–Crippen LogP) is 13.0. The van der Waals surface area contributed by atoms with Gasteiger partial charge in [0, 0.05) is 125 Å². The Labute approximate surface area is 830 Å². The van der Waals surface area contributed by atoms with Crippen LogP contribution in [0.2, 0.25) is 0 Å². The summed E-state index contributed by atoms with van der Waals surface area (Å²) in [6, 6.07) is 10.7. The molecule has 12 atom stereocenters. The van der Waals surface area contributed by atoms with Crippen LogP contribution in [-0.4, -0.2) is 243 Å². The number of hydrogen-bond acceptors (Lipinski definition) is 32. The van der Waals surface area contributed by atoms with E-state index in [0.29, 0.717) is 162 Å². The van der Waals surface area contributed by atoms with Crippen LogP contribution in [0, 0.1) is 74.6 Å². The van der Waals surface area contributed by atoms with E-state index in [0.717, 1.165) is 97.4 Å². The molecule has 4 fully saturated rings. The van der Waals surface area contributed by atoms with Crippen LogP contribution < -0.4 is 61.5 Å². The number of aliphatic hydroxyl groups is 4. The summed E-state index contributed by atoms with van der Waals surface area (Å²) in [4.78, 5) is 46.2. The lowest BCUT2D eigenvalue weighted by molar-refractivity contribution is 0.0644. The van der Waals surface area contributed by atoms with E-state index in [1.54, 1.807) is 27.7 Å². The molecule has 12 N–H and O–H groups in total. The molecule has 0 saturated carbocycles. The minimum atomic E-state index is -0.558. The molecule has 0 spiro atoms. The lowest BCUT2D eigenvalue weighted by Crippen LogP contribution is -2.39. The Morgan fingerprint density at radius 3 is 0.667 bits per heavy atom. The SMILES string of the molecule is COc1cc(F)cc2c1nc(N)n1nc([C@@H]3C[C@H](C)CN(c4cn(C(C)(C)[C@@H](C)O)nc4C)C3)nc21.COc1cc(F)cc2c1nc(N)n1nc([C@@H]3C[C@H](C)CN(c4cn(C(C)(C)[C@H](C)O)nc4C)C3)nc21.COc1cc(F)cc2c1nc(N)n1nc([C@H]3C[C@@H](C)CN(c4cn(C(C)(C)[C@@H](C)O)nc4C)C3)nc21.COc1cc(F)cc2c1nc(N)n1nc([C@H]3C[C@@H](C)CN(c4cn(C(C)(C)[C@H](C)O)nc4C)C3)nc21. The second kappa shape index (κ2) is 38.7. The molecule has 4 aliphatic heterocycles. The van der Waals surface area contributed by atoms with Gasteiger partial charge in [0.25, 0.3) is 0 Å². The molecular weight excluding hydrogens is 1850 g/mol. The average molecular weight is 1990 g/mol. The first-order valence-electron chi connectivity index (χ1n) is 48.7. The molecule has 0 unspecified atom stereocenters. The van der Waals surface area contributed by atoms with Gasteiger partial charge < -0.3 is 81.9 Å². The van der Waals surface area contributed by atoms with Crippen molar-refractivity contribution in [3.8, 4) is 23.0 Å². The summed E-state index contributed by atoms with van der Waals surface area (Å²) in [6.45, 7) is 45.9. The lowest BCUT2D eigenvalue weighted by atomic mass is 9.89. The van der Waals surface area contributed by atoms with Crippen LogP contribution in [0.5, 0.6) is 23.0 Å². The Balaban J connectivity index is 0.000000132. The molecule has 44 heteroatoms. The largest absolute Gasteiger partial charge is 0.494 e. The number of methoxy groups -OCH3 is 4. The maximum Gasteiger partial charge on any atom is 0.223 e. The zero-order valence-corrected chi connectivity index (χ0v) is 86.1. The van der Waals surface area contributed by atoms with Crippen molar-refractivity contribution < 1.29 is 56.9 Å². The van der Waals surface area contributed by atoms with Crippen molar-refractivity contribution in [1.29, 1.82) is 0 Å². The molecule has 4 aliphatic rings. The number of anilines is 8. The van der Waals surface area contributed by atoms with Gasteiger partial charge in [-0.2, -0.15) is 38.5 Å². The number of benzene rings is 4. The summed E-state index contributed by atoms with van der Waals surface area (Å²) < 4.78 is 91.8. The highest BCUT2D eigenvalue weighted by Crippen LogP contribution is 2.44. The smallest absolute Gasteiger partial charge is 0.223 e. The highest BCUT2D eigenvalue weighted by atomic mass is 19.1. The fourth-order valence-corrected chi connectivity index (χ4v) is 20.0. The second-order valence-corrected chi connectivity index (χ2v) is 42.0. The molecule has 16 heterocycles. The molecule has 0 amide bonds. The van der Waals surface area contributed by atoms with E-state index in [9.17, 15) is 38.0 Å². The van der Waals surface area contributed by atoms with Crippen LogP contribution in [0.25, 0.3) is 66.2 Å². The van der Waals surface area contributed by atoms with Gasteiger partial charge in [-0.15, -0.1) is 20.4 Å². The number of fused-ring (bicyclic) bond motifs is 12. The first-order chi connectivity index (χ1) is 68.0. The number of aryl methyl sites for hydroxylation is 4. The van der Waals surface area contributed by atoms with Crippen LogP contribution >= 0.6 is 0 Å². The molecule has 12 aromatic heterocycles. The van der Waals surface area contributed by atoms with E-state index in [-0.39, 0.29) is 47.5 Å². The van der Waals surface area contributed by atoms with Crippen molar-refractivity contribution in [2.75, 3.05) is 123 Å². The molecule has 768 valence electrons. The Morgan fingerprint density at radius 2 is 0.493 bits per heavy atom. The first kappa shape index (κ1) is 102. The molecule has 16 aromatic rings. The fourth-order valence-electron chi connectivity index (χ4n) is 20.0. The standard InChI is InChI=1S/4C25H33FN8O2/c4*1-13-7-16(11-32(10-13)19-12-33(30-14(19)2)25(4,5)15(3)35)22-29-23-18-8-17(26)9-20(36-6)21(18)28-24(27)34(23)31-22/h4*8-9,12-13,15-16,35H,7,10-11H2,1-6H3,(H2,27,28)/t2*13-,15+,16+;2*13-,15-,16+/m1010/s1. The number of piperidine rings is 4. The highest BCUT2D eigenvalue weighted by molar-refractivity contribution is 5.99. The monoisotopic (exact) mass is 1990 g/mol. The van der Waals surface area contributed by atoms with Crippen LogP contribution in [0.4, 0.5) is 64.1 Å². The van der Waals surface area contributed by atoms with Crippen LogP contribution in [0.15, 0.2) is 73.3 Å². The third-order valence-corrected chi connectivity index (χ3v) is 29.7. The normalized spacial score (nSPS) is 19.8. The maximum absolute atomic E-state index is 14.3. The van der Waals surface area contributed by atoms with E-state index in [4.69, 9.17) is 103 Å². The summed E-state index contributed by atoms with van der Waals surface area (Å²) >= 11 is 0. The number of aromatic nitrogens is 24. The third kappa shape index (κ3) is 19.0. The number of rotatable bonds is 20. The van der Waals surface area contributed by atoms with Crippen LogP contribution in [0.1, 0.15) is 206 Å². The molecule has 144 heavy (non-hydrogen) atoms. The highest BCUT2D eigenvalue weighted by Gasteiger charge is 2.41. The van der Waals surface area contributed by atoms with Gasteiger partial charge in [0.1, 0.15) is 68.3 Å². The Morgan fingerprint density at radius 1 is 0.306 bits per heavy atom. The fraction of sp³-hybridized carbons (Fsp3) is 0.520. The maximum atomic E-state index is 14.3. The predicted molar refractivity (Wildman–Crippen MR) is 544 cm³/mol. The third-order valence-electron chi connectivity index (χ3n) is 29.7. The average Bonchev–Trinajstić information content (AvgIpc) is 1.56. The second-order valence-electron chi connectivity index (χ2n) is 42.0. The van der Waals surface area contributed by atoms with E-state index in [1.165, 1.54) is 95.0 Å².